The van der Waals surface area contributed by atoms with Crippen molar-refractivity contribution in [1.29, 1.82) is 0 Å². The average molecular weight is 1900 g/mol. The number of benzene rings is 2. The van der Waals surface area contributed by atoms with Crippen LogP contribution in [0.5, 0.6) is 0 Å². The number of fused-ring (bicyclic) bond motifs is 12. The summed E-state index contributed by atoms with van der Waals surface area (Å²) in [7, 11) is 6.69. The maximum absolute atomic E-state index is 14.7. The van der Waals surface area contributed by atoms with Crippen molar-refractivity contribution in [2.24, 2.45) is 52.1 Å². The van der Waals surface area contributed by atoms with E-state index in [1.165, 1.54) is 50.1 Å². The van der Waals surface area contributed by atoms with Crippen molar-refractivity contribution in [2.45, 2.75) is 274 Å². The van der Waals surface area contributed by atoms with Crippen LogP contribution >= 0.6 is 0 Å². The van der Waals surface area contributed by atoms with Gasteiger partial charge in [0.15, 0.2) is 0 Å². The third-order valence-electron chi connectivity index (χ3n) is 28.8. The average Bonchev–Trinajstić information content (AvgIpc) is 1.59. The summed E-state index contributed by atoms with van der Waals surface area (Å²) in [4.78, 5) is 127. The molecule has 0 unspecified atom stereocenters. The first-order valence-electron chi connectivity index (χ1n) is 50.5. The van der Waals surface area contributed by atoms with Gasteiger partial charge in [0.2, 0.25) is 5.91 Å². The van der Waals surface area contributed by atoms with E-state index in [4.69, 9.17) is 41.1 Å². The number of aryl methyl sites for hydroxylation is 2. The predicted octanol–water partition coefficient (Wildman–Crippen LogP) is 13.3. The Morgan fingerprint density at radius 3 is 1.39 bits per heavy atom. The molecule has 6 saturated heterocycles. The first-order chi connectivity index (χ1) is 65.3. The standard InChI is InChI=1S/C53H76N8O6.C36H50N6O3.C17H28N2O4.CH3F/c1-12-60-45-20-19-37-27-40(45)41(48(60)39-17-13-23-54-47(39)35(4)5)28-52(6,7)33-67-51(65)43-18-15-25-61(56-43)50(64)44(26-36-16-14-24-58(37)29-36)55-49(63)42(34(2)3)32-66-38-30-59(31-38)46(62)21-22-53(8,9)57(10)11;1-6-41-31-14-13-25-19-27(31)28(33(41)26-11-7-15-38-32(26)23(2)3)20-36(4,5)22-45-35(44)30-12-9-17-42(39-30)34(43)29(37)18-24-10-8-16-40(25)21-24;1-12(2)14(16(21)22)11-23-13-9-19(10-13)15(20)7-8-17(3,4)18(5)6;1-2/h13,17,19-20,23,27,34-36,38,42-44,56H,12,14-16,18,24-26,28-33H2,1-11H3,(H,55,63);7,11,13-15,19,23-24,29-30,39H,6,8-10,12,16-18,20-22,37H2,1-5H3;12-14H,9-11H2,1-6H3,(H,21,22);1H3/t36-,42-,43-,44-;24-,29-,30-;14-;/m000./s1/i;;;1D. The first kappa shape index (κ1) is 106. The summed E-state index contributed by atoms with van der Waals surface area (Å²) in [6.07, 6.45) is 12.4. The maximum atomic E-state index is 14.7. The van der Waals surface area contributed by atoms with Gasteiger partial charge in [0, 0.05) is 146 Å². The van der Waals surface area contributed by atoms with Crippen LogP contribution in [0, 0.1) is 70.0 Å². The number of alkyl halides is 1. The van der Waals surface area contributed by atoms with Gasteiger partial charge in [-0.15, -0.1) is 0 Å². The van der Waals surface area contributed by atoms with E-state index >= 15 is 0 Å². The number of likely N-dealkylation sites (tertiary alicyclic amines) is 2. The van der Waals surface area contributed by atoms with E-state index in [-0.39, 0.29) is 121 Å². The number of hydrogen-bond donors (Lipinski definition) is 5. The molecule has 8 aliphatic rings. The molecule has 29 nitrogen and oxygen atoms in total. The number of aliphatic carboxylic acids is 1. The van der Waals surface area contributed by atoms with Gasteiger partial charge in [-0.1, -0.05) is 94.9 Å². The maximum Gasteiger partial charge on any atom is 0.324 e. The third kappa shape index (κ3) is 26.6. The minimum absolute atomic E-state index is 0.0180. The number of rotatable bonds is 19. The molecule has 2 aromatic carbocycles. The molecule has 6 fully saturated rings. The molecule has 0 aliphatic carbocycles. The molecule has 8 atom stereocenters. The van der Waals surface area contributed by atoms with E-state index in [2.05, 4.69) is 177 Å². The van der Waals surface area contributed by atoms with Crippen molar-refractivity contribution < 1.29 is 68.2 Å². The van der Waals surface area contributed by atoms with Crippen LogP contribution in [0.25, 0.3) is 44.3 Å². The SMILES string of the molecule is CC(C)[C@H](COC1CN(C(=O)C#CC(C)(C)N(C)C)C1)C(=O)O.CCn1c(-c2cccnc2C(C)C)c2c3cc(ccc31)N1CCC[C@@H](C[C@H](N)C(=O)N3CCC[C@H](N3)C(=O)OCC(C)(C)C2)C1.CCn1c(-c2cccnc2C(C)C)c2c3cc(ccc31)N1CCC[C@@H](C[C@H](NC(=O)[C@@H](COC3CN(C(=O)C#CC(C)(C)N(C)C)C3)C(C)C)C(=O)N3CCC[C@H](N3)C(=O)OCC(C)(C)C2)C1.[2H]CF. The van der Waals surface area contributed by atoms with E-state index < -0.39 is 60.1 Å². The number of hydrogen-bond acceptors (Lipinski definition) is 21. The lowest BCUT2D eigenvalue weighted by molar-refractivity contribution is -0.156. The van der Waals surface area contributed by atoms with E-state index in [0.717, 1.165) is 106 Å². The molecular weight excluding hydrogens is 1740 g/mol. The number of carbonyl (C=O) groups is 8. The fourth-order valence-electron chi connectivity index (χ4n) is 19.5. The normalized spacial score (nSPS) is 21.9. The number of pyridine rings is 2. The molecule has 4 aromatic heterocycles. The number of carboxylic acid groups (broad SMARTS) is 1. The predicted molar refractivity (Wildman–Crippen MR) is 537 cm³/mol. The lowest BCUT2D eigenvalue weighted by atomic mass is 9.84. The number of carboxylic acids is 1. The summed E-state index contributed by atoms with van der Waals surface area (Å²) < 4.78 is 44.4. The number of amides is 5. The molecule has 5 amide bonds. The summed E-state index contributed by atoms with van der Waals surface area (Å²) in [6, 6.07) is 19.5. The smallest absolute Gasteiger partial charge is 0.324 e. The highest BCUT2D eigenvalue weighted by Gasteiger charge is 2.43. The Morgan fingerprint density at radius 2 is 1.00 bits per heavy atom. The number of nitrogens with zero attached hydrogens (tertiary/aromatic N) is 12. The van der Waals surface area contributed by atoms with Crippen LogP contribution in [0.1, 0.15) is 225 Å². The number of ether oxygens (including phenoxy) is 4. The van der Waals surface area contributed by atoms with Gasteiger partial charge in [0.25, 0.3) is 23.6 Å². The number of cyclic esters (lactones) is 2. The molecule has 137 heavy (non-hydrogen) atoms. The fourth-order valence-corrected chi connectivity index (χ4v) is 19.5. The molecule has 6 N–H and O–H groups in total. The topological polar surface area (TPSA) is 317 Å². The Hall–Kier alpha value is -10.0. The van der Waals surface area contributed by atoms with E-state index in [1.807, 2.05) is 118 Å². The van der Waals surface area contributed by atoms with Crippen molar-refractivity contribution in [3.05, 3.63) is 95.6 Å². The Labute approximate surface area is 814 Å². The largest absolute Gasteiger partial charge is 0.481 e. The van der Waals surface area contributed by atoms with Gasteiger partial charge in [0.1, 0.15) is 18.1 Å². The highest BCUT2D eigenvalue weighted by molar-refractivity contribution is 5.98. The van der Waals surface area contributed by atoms with Crippen molar-refractivity contribution in [1.82, 2.24) is 64.9 Å². The van der Waals surface area contributed by atoms with Gasteiger partial charge >= 0.3 is 17.9 Å². The molecule has 12 heterocycles. The second-order valence-electron chi connectivity index (χ2n) is 43.1. The van der Waals surface area contributed by atoms with E-state index in [9.17, 15) is 42.7 Å². The van der Waals surface area contributed by atoms with Gasteiger partial charge in [-0.3, -0.25) is 72.5 Å². The number of hydrazine groups is 2. The number of nitrogens with one attached hydrogen (secondary N) is 3. The Morgan fingerprint density at radius 1 is 0.599 bits per heavy atom. The summed E-state index contributed by atoms with van der Waals surface area (Å²) in [6.45, 7) is 46.0. The molecule has 0 spiro atoms. The van der Waals surface area contributed by atoms with Gasteiger partial charge in [-0.05, 0) is 266 Å². The highest BCUT2D eigenvalue weighted by atomic mass is 19.1. The monoisotopic (exact) mass is 1890 g/mol. The van der Waals surface area contributed by atoms with Crippen LogP contribution in [-0.2, 0) is 83.2 Å². The minimum Gasteiger partial charge on any atom is -0.481 e. The molecule has 14 rings (SSSR count). The number of halogens is 1. The number of nitrogens with two attached hydrogens (primary N) is 1. The fraction of sp³-hybridized carbons (Fsp3) is 0.645. The Kier molecular flexibility index (Phi) is 36.2. The molecular formula is C107H157FN16O13. The molecule has 750 valence electrons. The van der Waals surface area contributed by atoms with Crippen LogP contribution in [0.15, 0.2) is 73.1 Å². The number of aromatic nitrogens is 4. The van der Waals surface area contributed by atoms with Gasteiger partial charge in [-0.25, -0.2) is 10.9 Å². The third-order valence-corrected chi connectivity index (χ3v) is 28.8. The lowest BCUT2D eigenvalue weighted by Crippen LogP contribution is -2.61. The van der Waals surface area contributed by atoms with Crippen molar-refractivity contribution in [3.63, 3.8) is 0 Å². The van der Waals surface area contributed by atoms with Crippen LogP contribution in [-0.4, -0.2) is 276 Å². The summed E-state index contributed by atoms with van der Waals surface area (Å²) in [5, 5.41) is 17.8. The summed E-state index contributed by atoms with van der Waals surface area (Å²) in [5.41, 5.74) is 25.4. The molecule has 30 heteroatoms. The minimum atomic E-state index is -1.00. The van der Waals surface area contributed by atoms with Crippen LogP contribution in [0.4, 0.5) is 15.8 Å². The zero-order valence-corrected chi connectivity index (χ0v) is 85.7. The molecule has 12 bridgehead atoms. The lowest BCUT2D eigenvalue weighted by Gasteiger charge is -2.39. The van der Waals surface area contributed by atoms with Crippen molar-refractivity contribution in [2.75, 3.05) is 137 Å². The number of carbonyl (C=O) groups excluding carboxylic acids is 7. The quantitative estimate of drug-likeness (QED) is 0.0371. The van der Waals surface area contributed by atoms with E-state index in [0.29, 0.717) is 83.7 Å². The number of piperidine rings is 2. The second-order valence-corrected chi connectivity index (χ2v) is 43.1. The van der Waals surface area contributed by atoms with Crippen LogP contribution < -0.4 is 31.7 Å². The first-order valence-corrected chi connectivity index (χ1v) is 49.8. The molecule has 6 aromatic rings. The van der Waals surface area contributed by atoms with Gasteiger partial charge < -0.3 is 63.8 Å². The number of anilines is 2. The Bertz CT molecular complexity index is 5380. The molecule has 0 radical (unpaired) electrons. The molecule has 0 saturated carbocycles. The van der Waals surface area contributed by atoms with Gasteiger partial charge in [-0.2, -0.15) is 0 Å². The summed E-state index contributed by atoms with van der Waals surface area (Å²) >= 11 is 0. The van der Waals surface area contributed by atoms with E-state index in [1.54, 1.807) is 19.8 Å². The zero-order valence-electron chi connectivity index (χ0n) is 86.7. The number of esters is 2. The Balaban J connectivity index is 0.000000220. The van der Waals surface area contributed by atoms with Crippen molar-refractivity contribution >= 4 is 80.6 Å². The molecule has 8 aliphatic heterocycles. The highest BCUT2D eigenvalue weighted by Crippen LogP contribution is 2.46. The van der Waals surface area contributed by atoms with Gasteiger partial charge in [0.05, 0.1) is 98.9 Å². The van der Waals surface area contributed by atoms with Crippen LogP contribution in [0.2, 0.25) is 0 Å². The zero-order chi connectivity index (χ0) is 101. The second kappa shape index (κ2) is 46.8. The van der Waals surface area contributed by atoms with Crippen molar-refractivity contribution in [3.8, 4) is 46.2 Å². The van der Waals surface area contributed by atoms with Crippen LogP contribution in [0.3, 0.4) is 0 Å². The summed E-state index contributed by atoms with van der Waals surface area (Å²) in [5.74, 6) is 8.67.